The number of carbonyl (C=O) groups excluding carboxylic acids is 2. The molecule has 1 unspecified atom stereocenters. The molecule has 3 heterocycles. The number of hydrogen-bond acceptors (Lipinski definition) is 6. The number of nitrogens with zero attached hydrogens (tertiary/aromatic N) is 2. The van der Waals surface area contributed by atoms with Gasteiger partial charge in [-0.1, -0.05) is 41.6 Å². The Morgan fingerprint density at radius 2 is 1.84 bits per heavy atom. The van der Waals surface area contributed by atoms with Crippen molar-refractivity contribution in [1.82, 2.24) is 15.4 Å². The van der Waals surface area contributed by atoms with Crippen LogP contribution in [0, 0.1) is 0 Å². The lowest BCUT2D eigenvalue weighted by Crippen LogP contribution is -2.40. The summed E-state index contributed by atoms with van der Waals surface area (Å²) < 4.78 is 16.5. The number of nitrogens with one attached hydrogen (secondary N) is 1. The molecule has 1 fully saturated rings. The summed E-state index contributed by atoms with van der Waals surface area (Å²) in [7, 11) is 0. The number of fused-ring (bicyclic) bond motifs is 1. The molecule has 0 saturated carbocycles. The third-order valence-corrected chi connectivity index (χ3v) is 5.73. The molecule has 0 aliphatic carbocycles. The van der Waals surface area contributed by atoms with Gasteiger partial charge in [0.2, 0.25) is 5.91 Å². The standard InChI is InChI=1S/C24H23N3O5/c28-23(15-25-24(29)18-14-21(32-26-18)16-5-2-1-3-6-16)27-10-4-7-19(27)17-8-9-20-22(13-17)31-12-11-30-20/h1-3,5-6,8-9,13-14,19H,4,7,10-12,15H2,(H,25,29). The minimum Gasteiger partial charge on any atom is -0.486 e. The van der Waals surface area contributed by atoms with Crippen LogP contribution in [0.4, 0.5) is 0 Å². The highest BCUT2D eigenvalue weighted by molar-refractivity contribution is 5.95. The average molecular weight is 433 g/mol. The SMILES string of the molecule is O=C(NCC(=O)N1CCCC1c1ccc2c(c1)OCCO2)c1cc(-c2ccccc2)on1. The lowest BCUT2D eigenvalue weighted by molar-refractivity contribution is -0.131. The van der Waals surface area contributed by atoms with Crippen molar-refractivity contribution in [2.75, 3.05) is 26.3 Å². The molecule has 32 heavy (non-hydrogen) atoms. The van der Waals surface area contributed by atoms with Gasteiger partial charge in [-0.3, -0.25) is 9.59 Å². The molecule has 5 rings (SSSR count). The van der Waals surface area contributed by atoms with Gasteiger partial charge in [0, 0.05) is 18.2 Å². The van der Waals surface area contributed by atoms with E-state index in [2.05, 4.69) is 10.5 Å². The summed E-state index contributed by atoms with van der Waals surface area (Å²) >= 11 is 0. The topological polar surface area (TPSA) is 93.9 Å². The summed E-state index contributed by atoms with van der Waals surface area (Å²) in [6, 6.07) is 16.7. The van der Waals surface area contributed by atoms with Gasteiger partial charge in [-0.05, 0) is 30.5 Å². The number of rotatable bonds is 5. The van der Waals surface area contributed by atoms with Crippen LogP contribution in [0.1, 0.15) is 34.9 Å². The van der Waals surface area contributed by atoms with Gasteiger partial charge in [0.25, 0.3) is 5.91 Å². The molecule has 1 N–H and O–H groups in total. The molecule has 8 heteroatoms. The van der Waals surface area contributed by atoms with E-state index in [0.717, 1.165) is 29.7 Å². The molecule has 3 aromatic rings. The molecule has 1 aromatic heterocycles. The van der Waals surface area contributed by atoms with Crippen LogP contribution in [0.5, 0.6) is 11.5 Å². The second kappa shape index (κ2) is 8.74. The van der Waals surface area contributed by atoms with Gasteiger partial charge in [0.1, 0.15) is 13.2 Å². The zero-order chi connectivity index (χ0) is 21.9. The Morgan fingerprint density at radius 3 is 2.69 bits per heavy atom. The zero-order valence-electron chi connectivity index (χ0n) is 17.5. The summed E-state index contributed by atoms with van der Waals surface area (Å²) in [6.07, 6.45) is 1.77. The summed E-state index contributed by atoms with van der Waals surface area (Å²) in [5, 5.41) is 6.50. The molecule has 1 saturated heterocycles. The Labute approximate surface area is 185 Å². The Hall–Kier alpha value is -3.81. The molecule has 0 bridgehead atoms. The van der Waals surface area contributed by atoms with Gasteiger partial charge in [-0.2, -0.15) is 0 Å². The van der Waals surface area contributed by atoms with Crippen LogP contribution < -0.4 is 14.8 Å². The van der Waals surface area contributed by atoms with E-state index in [9.17, 15) is 9.59 Å². The van der Waals surface area contributed by atoms with Gasteiger partial charge in [-0.25, -0.2) is 0 Å². The van der Waals surface area contributed by atoms with Crippen LogP contribution >= 0.6 is 0 Å². The number of amides is 2. The molecule has 2 aliphatic heterocycles. The Balaban J connectivity index is 1.22. The predicted molar refractivity (Wildman–Crippen MR) is 115 cm³/mol. The van der Waals surface area contributed by atoms with Crippen molar-refractivity contribution in [1.29, 1.82) is 0 Å². The number of likely N-dealkylation sites (tertiary alicyclic amines) is 1. The molecule has 2 amide bonds. The van der Waals surface area contributed by atoms with Gasteiger partial charge in [-0.15, -0.1) is 0 Å². The van der Waals surface area contributed by atoms with Crippen LogP contribution in [-0.2, 0) is 4.79 Å². The van der Waals surface area contributed by atoms with Crippen molar-refractivity contribution in [3.63, 3.8) is 0 Å². The van der Waals surface area contributed by atoms with Crippen molar-refractivity contribution < 1.29 is 23.6 Å². The molecule has 0 radical (unpaired) electrons. The van der Waals surface area contributed by atoms with Crippen molar-refractivity contribution in [3.8, 4) is 22.8 Å². The average Bonchev–Trinajstić information content (AvgIpc) is 3.53. The van der Waals surface area contributed by atoms with Gasteiger partial charge in [0.05, 0.1) is 12.6 Å². The summed E-state index contributed by atoms with van der Waals surface area (Å²) in [4.78, 5) is 27.2. The fourth-order valence-electron chi connectivity index (χ4n) is 4.15. The molecule has 2 aliphatic rings. The van der Waals surface area contributed by atoms with Crippen molar-refractivity contribution in [2.45, 2.75) is 18.9 Å². The van der Waals surface area contributed by atoms with E-state index in [1.165, 1.54) is 0 Å². The Bertz CT molecular complexity index is 1130. The summed E-state index contributed by atoms with van der Waals surface area (Å²) in [5.74, 6) is 1.36. The highest BCUT2D eigenvalue weighted by atomic mass is 16.6. The van der Waals surface area contributed by atoms with E-state index in [4.69, 9.17) is 14.0 Å². The lowest BCUT2D eigenvalue weighted by Gasteiger charge is -2.26. The zero-order valence-corrected chi connectivity index (χ0v) is 17.5. The number of benzene rings is 2. The molecule has 1 atom stereocenters. The van der Waals surface area contributed by atoms with E-state index < -0.39 is 5.91 Å². The second-order valence-corrected chi connectivity index (χ2v) is 7.77. The van der Waals surface area contributed by atoms with E-state index >= 15 is 0 Å². The maximum Gasteiger partial charge on any atom is 0.273 e. The molecule has 2 aromatic carbocycles. The summed E-state index contributed by atoms with van der Waals surface area (Å²) in [6.45, 7) is 1.60. The highest BCUT2D eigenvalue weighted by Crippen LogP contribution is 2.38. The fraction of sp³-hybridized carbons (Fsp3) is 0.292. The maximum absolute atomic E-state index is 12.9. The number of hydrogen-bond donors (Lipinski definition) is 1. The summed E-state index contributed by atoms with van der Waals surface area (Å²) in [5.41, 5.74) is 1.98. The first-order valence-corrected chi connectivity index (χ1v) is 10.7. The quantitative estimate of drug-likeness (QED) is 0.664. The predicted octanol–water partition coefficient (Wildman–Crippen LogP) is 3.21. The van der Waals surface area contributed by atoms with Crippen LogP contribution in [-0.4, -0.2) is 48.2 Å². The molecular weight excluding hydrogens is 410 g/mol. The third-order valence-electron chi connectivity index (χ3n) is 5.73. The minimum absolute atomic E-state index is 0.0491. The number of aromatic nitrogens is 1. The van der Waals surface area contributed by atoms with Crippen LogP contribution in [0.25, 0.3) is 11.3 Å². The van der Waals surface area contributed by atoms with Gasteiger partial charge < -0.3 is 24.2 Å². The lowest BCUT2D eigenvalue weighted by atomic mass is 10.0. The second-order valence-electron chi connectivity index (χ2n) is 7.77. The first kappa shape index (κ1) is 20.1. The maximum atomic E-state index is 12.9. The minimum atomic E-state index is -0.445. The largest absolute Gasteiger partial charge is 0.486 e. The van der Waals surface area contributed by atoms with Crippen molar-refractivity contribution in [3.05, 3.63) is 65.9 Å². The first-order chi connectivity index (χ1) is 15.7. The fourth-order valence-corrected chi connectivity index (χ4v) is 4.15. The molecule has 0 spiro atoms. The Kier molecular flexibility index (Phi) is 5.49. The Morgan fingerprint density at radius 1 is 1.03 bits per heavy atom. The van der Waals surface area contributed by atoms with Gasteiger partial charge in [0.15, 0.2) is 23.0 Å². The van der Waals surface area contributed by atoms with Crippen LogP contribution in [0.15, 0.2) is 59.1 Å². The van der Waals surface area contributed by atoms with Crippen molar-refractivity contribution >= 4 is 11.8 Å². The molecular formula is C24H23N3O5. The molecule has 8 nitrogen and oxygen atoms in total. The van der Waals surface area contributed by atoms with E-state index in [1.54, 1.807) is 6.07 Å². The smallest absolute Gasteiger partial charge is 0.273 e. The first-order valence-electron chi connectivity index (χ1n) is 10.7. The number of ether oxygens (including phenoxy) is 2. The van der Waals surface area contributed by atoms with Crippen LogP contribution in [0.3, 0.4) is 0 Å². The highest BCUT2D eigenvalue weighted by Gasteiger charge is 2.31. The van der Waals surface area contributed by atoms with E-state index in [1.807, 2.05) is 53.4 Å². The van der Waals surface area contributed by atoms with Gasteiger partial charge >= 0.3 is 0 Å². The van der Waals surface area contributed by atoms with Crippen LogP contribution in [0.2, 0.25) is 0 Å². The van der Waals surface area contributed by atoms with Crippen molar-refractivity contribution in [2.24, 2.45) is 0 Å². The molecule has 164 valence electrons. The van der Waals surface area contributed by atoms with E-state index in [0.29, 0.717) is 31.3 Å². The number of carbonyl (C=O) groups is 2. The van der Waals surface area contributed by atoms with E-state index in [-0.39, 0.29) is 24.2 Å². The third kappa shape index (κ3) is 4.03. The monoisotopic (exact) mass is 433 g/mol. The normalized spacial score (nSPS) is 17.2.